The van der Waals surface area contributed by atoms with Gasteiger partial charge in [-0.2, -0.15) is 0 Å². The van der Waals surface area contributed by atoms with E-state index in [1.165, 1.54) is 11.8 Å². The molecule has 1 unspecified atom stereocenters. The Hall–Kier alpha value is -2.08. The number of nitrogens with zero attached hydrogens (tertiary/aromatic N) is 1. The van der Waals surface area contributed by atoms with E-state index in [2.05, 4.69) is 0 Å². The average Bonchev–Trinajstić information content (AvgIpc) is 2.40. The number of benzene rings is 1. The normalized spacial score (nSPS) is 16.1. The minimum atomic E-state index is -1.06. The van der Waals surface area contributed by atoms with Gasteiger partial charge >= 0.3 is 12.1 Å². The van der Waals surface area contributed by atoms with Gasteiger partial charge in [-0.25, -0.2) is 9.59 Å². The highest BCUT2D eigenvalue weighted by molar-refractivity contribution is 5.80. The molecule has 0 radical (unpaired) electrons. The van der Waals surface area contributed by atoms with Gasteiger partial charge < -0.3 is 14.6 Å². The topological polar surface area (TPSA) is 76.1 Å². The van der Waals surface area contributed by atoms with Gasteiger partial charge in [0.1, 0.15) is 12.6 Å². The molecule has 0 bridgehead atoms. The third-order valence-corrected chi connectivity index (χ3v) is 3.20. The Balaban J connectivity index is 1.97. The first-order valence-electron chi connectivity index (χ1n) is 6.39. The zero-order chi connectivity index (χ0) is 14.5. The zero-order valence-electron chi connectivity index (χ0n) is 11.2. The van der Waals surface area contributed by atoms with E-state index in [-0.39, 0.29) is 12.6 Å². The number of carbonyl (C=O) groups is 2. The average molecular weight is 279 g/mol. The summed E-state index contributed by atoms with van der Waals surface area (Å²) in [5.41, 5.74) is 0.855. The lowest BCUT2D eigenvalue weighted by Gasteiger charge is -2.38. The Morgan fingerprint density at radius 1 is 1.40 bits per heavy atom. The number of ether oxygens (including phenoxy) is 2. The Morgan fingerprint density at radius 3 is 2.55 bits per heavy atom. The molecule has 2 rings (SSSR count). The van der Waals surface area contributed by atoms with Gasteiger partial charge in [0.05, 0.1) is 19.3 Å². The Morgan fingerprint density at radius 2 is 2.05 bits per heavy atom. The van der Waals surface area contributed by atoms with E-state index in [9.17, 15) is 9.59 Å². The number of amides is 1. The van der Waals surface area contributed by atoms with E-state index in [0.717, 1.165) is 5.56 Å². The summed E-state index contributed by atoms with van der Waals surface area (Å²) in [5.74, 6) is -1.06. The molecule has 0 saturated carbocycles. The smallest absolute Gasteiger partial charge is 0.411 e. The van der Waals surface area contributed by atoms with Crippen LogP contribution in [0.4, 0.5) is 4.79 Å². The van der Waals surface area contributed by atoms with Crippen LogP contribution in [-0.4, -0.2) is 47.4 Å². The van der Waals surface area contributed by atoms with Crippen molar-refractivity contribution in [3.8, 4) is 0 Å². The van der Waals surface area contributed by atoms with Gasteiger partial charge in [0.15, 0.2) is 0 Å². The summed E-state index contributed by atoms with van der Waals surface area (Å²) in [6.07, 6.45) is -0.628. The van der Waals surface area contributed by atoms with Gasteiger partial charge in [-0.3, -0.25) is 4.90 Å². The molecule has 1 aliphatic rings. The van der Waals surface area contributed by atoms with Crippen LogP contribution >= 0.6 is 0 Å². The lowest BCUT2D eigenvalue weighted by molar-refractivity contribution is -0.147. The molecule has 1 N–H and O–H groups in total. The van der Waals surface area contributed by atoms with E-state index in [1.807, 2.05) is 30.3 Å². The predicted molar refractivity (Wildman–Crippen MR) is 70.2 cm³/mol. The van der Waals surface area contributed by atoms with Crippen LogP contribution in [0.15, 0.2) is 30.3 Å². The van der Waals surface area contributed by atoms with Crippen molar-refractivity contribution < 1.29 is 24.2 Å². The zero-order valence-corrected chi connectivity index (χ0v) is 11.2. The number of aliphatic carboxylic acids is 1. The van der Waals surface area contributed by atoms with E-state index < -0.39 is 18.1 Å². The summed E-state index contributed by atoms with van der Waals surface area (Å²) in [6.45, 7) is 2.27. The Kier molecular flexibility index (Phi) is 4.57. The van der Waals surface area contributed by atoms with Crippen LogP contribution < -0.4 is 0 Å². The minimum absolute atomic E-state index is 0.121. The van der Waals surface area contributed by atoms with Crippen molar-refractivity contribution in [1.29, 1.82) is 0 Å². The number of carboxylic acids is 1. The third kappa shape index (κ3) is 3.27. The summed E-state index contributed by atoms with van der Waals surface area (Å²) >= 11 is 0. The highest BCUT2D eigenvalue weighted by Gasteiger charge is 2.37. The first-order valence-corrected chi connectivity index (χ1v) is 6.39. The largest absolute Gasteiger partial charge is 0.480 e. The summed E-state index contributed by atoms with van der Waals surface area (Å²) in [6, 6.07) is 8.07. The second-order valence-electron chi connectivity index (χ2n) is 4.65. The molecule has 6 nitrogen and oxygen atoms in total. The number of carboxylic acid groups (broad SMARTS) is 1. The number of hydrogen-bond donors (Lipinski definition) is 1. The van der Waals surface area contributed by atoms with Crippen molar-refractivity contribution in [2.24, 2.45) is 0 Å². The standard InChI is InChI=1S/C14H17NO5/c1-10(13(16)17)15(12-8-19-9-12)14(18)20-7-11-5-3-2-4-6-11/h2-6,10,12H,7-9H2,1H3,(H,16,17). The molecular weight excluding hydrogens is 262 g/mol. The lowest BCUT2D eigenvalue weighted by atomic mass is 10.1. The summed E-state index contributed by atoms with van der Waals surface area (Å²) in [7, 11) is 0. The molecule has 1 atom stereocenters. The number of rotatable bonds is 5. The maximum absolute atomic E-state index is 12.1. The molecule has 1 amide bonds. The summed E-state index contributed by atoms with van der Waals surface area (Å²) < 4.78 is 10.2. The van der Waals surface area contributed by atoms with Crippen LogP contribution in [0.1, 0.15) is 12.5 Å². The molecule has 1 saturated heterocycles. The molecule has 20 heavy (non-hydrogen) atoms. The molecular formula is C14H17NO5. The van der Waals surface area contributed by atoms with Crippen molar-refractivity contribution in [2.45, 2.75) is 25.6 Å². The minimum Gasteiger partial charge on any atom is -0.480 e. The number of hydrogen-bond acceptors (Lipinski definition) is 4. The molecule has 0 aliphatic carbocycles. The van der Waals surface area contributed by atoms with Crippen LogP contribution in [0.2, 0.25) is 0 Å². The van der Waals surface area contributed by atoms with Crippen molar-refractivity contribution in [2.75, 3.05) is 13.2 Å². The van der Waals surface area contributed by atoms with E-state index in [0.29, 0.717) is 13.2 Å². The van der Waals surface area contributed by atoms with Crippen molar-refractivity contribution >= 4 is 12.1 Å². The second-order valence-corrected chi connectivity index (χ2v) is 4.65. The van der Waals surface area contributed by atoms with Crippen molar-refractivity contribution in [3.05, 3.63) is 35.9 Å². The van der Waals surface area contributed by atoms with Crippen molar-refractivity contribution in [1.82, 2.24) is 4.90 Å². The molecule has 1 aliphatic heterocycles. The molecule has 1 aromatic carbocycles. The van der Waals surface area contributed by atoms with Gasteiger partial charge in [-0.05, 0) is 12.5 Å². The fraction of sp³-hybridized carbons (Fsp3) is 0.429. The molecule has 108 valence electrons. The predicted octanol–water partition coefficient (Wildman–Crippen LogP) is 1.50. The van der Waals surface area contributed by atoms with Gasteiger partial charge in [0.25, 0.3) is 0 Å². The highest BCUT2D eigenvalue weighted by Crippen LogP contribution is 2.16. The summed E-state index contributed by atoms with van der Waals surface area (Å²) in [4.78, 5) is 24.4. The van der Waals surface area contributed by atoms with Gasteiger partial charge in [-0.15, -0.1) is 0 Å². The third-order valence-electron chi connectivity index (χ3n) is 3.20. The fourth-order valence-electron chi connectivity index (χ4n) is 1.92. The first kappa shape index (κ1) is 14.3. The number of carbonyl (C=O) groups excluding carboxylic acids is 1. The second kappa shape index (κ2) is 6.38. The van der Waals surface area contributed by atoms with Crippen LogP contribution in [0.3, 0.4) is 0 Å². The SMILES string of the molecule is CC(C(=O)O)N(C(=O)OCc1ccccc1)C1COC1. The van der Waals surface area contributed by atoms with E-state index in [4.69, 9.17) is 14.6 Å². The van der Waals surface area contributed by atoms with Gasteiger partial charge in [0.2, 0.25) is 0 Å². The van der Waals surface area contributed by atoms with Crippen molar-refractivity contribution in [3.63, 3.8) is 0 Å². The molecule has 0 spiro atoms. The molecule has 1 heterocycles. The van der Waals surface area contributed by atoms with E-state index >= 15 is 0 Å². The Labute approximate surface area is 116 Å². The maximum Gasteiger partial charge on any atom is 0.411 e. The maximum atomic E-state index is 12.1. The first-order chi connectivity index (χ1) is 9.59. The van der Waals surface area contributed by atoms with Crippen LogP contribution in [0.25, 0.3) is 0 Å². The quantitative estimate of drug-likeness (QED) is 0.884. The lowest BCUT2D eigenvalue weighted by Crippen LogP contribution is -2.57. The summed E-state index contributed by atoms with van der Waals surface area (Å²) in [5, 5.41) is 9.06. The van der Waals surface area contributed by atoms with Crippen LogP contribution in [0.5, 0.6) is 0 Å². The van der Waals surface area contributed by atoms with Gasteiger partial charge in [0, 0.05) is 0 Å². The van der Waals surface area contributed by atoms with Gasteiger partial charge in [-0.1, -0.05) is 30.3 Å². The molecule has 6 heteroatoms. The van der Waals surface area contributed by atoms with E-state index in [1.54, 1.807) is 0 Å². The molecule has 1 aromatic rings. The molecule has 0 aromatic heterocycles. The van der Waals surface area contributed by atoms with Crippen LogP contribution in [-0.2, 0) is 20.9 Å². The Bertz CT molecular complexity index is 472. The highest BCUT2D eigenvalue weighted by atomic mass is 16.6. The fourth-order valence-corrected chi connectivity index (χ4v) is 1.92. The monoisotopic (exact) mass is 279 g/mol. The van der Waals surface area contributed by atoms with Crippen LogP contribution in [0, 0.1) is 0 Å². The molecule has 1 fully saturated rings.